The molecule has 0 saturated carbocycles. The normalized spacial score (nSPS) is 17.7. The van der Waals surface area contributed by atoms with Gasteiger partial charge in [0.1, 0.15) is 11.9 Å². The van der Waals surface area contributed by atoms with Gasteiger partial charge in [-0.1, -0.05) is 12.1 Å². The van der Waals surface area contributed by atoms with E-state index in [0.717, 1.165) is 17.0 Å². The third kappa shape index (κ3) is 3.03. The maximum absolute atomic E-state index is 13.1. The Balaban J connectivity index is 1.57. The first kappa shape index (κ1) is 16.6. The van der Waals surface area contributed by atoms with Crippen LogP contribution in [0.15, 0.2) is 30.3 Å². The molecule has 1 aliphatic heterocycles. The molecule has 0 N–H and O–H groups in total. The minimum Gasteiger partial charge on any atom is -0.370 e. The Morgan fingerprint density at radius 3 is 2.77 bits per heavy atom. The first-order valence-corrected chi connectivity index (χ1v) is 8.38. The molecule has 7 nitrogen and oxygen atoms in total. The number of benzene rings is 1. The highest BCUT2D eigenvalue weighted by Crippen LogP contribution is 2.23. The fourth-order valence-corrected chi connectivity index (χ4v) is 3.11. The van der Waals surface area contributed by atoms with Crippen LogP contribution in [0.2, 0.25) is 0 Å². The number of amides is 1. The van der Waals surface area contributed by atoms with E-state index >= 15 is 0 Å². The first-order valence-electron chi connectivity index (χ1n) is 8.38. The topological polar surface area (TPSA) is 72.6 Å². The summed E-state index contributed by atoms with van der Waals surface area (Å²) in [6.07, 6.45) is -0.299. The standard InChI is InChI=1S/C18H18FN5O2/c1-11-9-12(2)24-18(20-11)21-16(22-24)17(25)23-7-8-26-15(10-23)13-3-5-14(19)6-4-13/h3-6,9,15H,7-8,10H2,1-2H3. The van der Waals surface area contributed by atoms with Crippen molar-refractivity contribution in [3.63, 3.8) is 0 Å². The summed E-state index contributed by atoms with van der Waals surface area (Å²) >= 11 is 0. The zero-order chi connectivity index (χ0) is 18.3. The molecule has 0 radical (unpaired) electrons. The van der Waals surface area contributed by atoms with Crippen molar-refractivity contribution < 1.29 is 13.9 Å². The van der Waals surface area contributed by atoms with Crippen LogP contribution in [0.1, 0.15) is 33.7 Å². The molecule has 1 aromatic carbocycles. The van der Waals surface area contributed by atoms with Crippen LogP contribution in [0.5, 0.6) is 0 Å². The summed E-state index contributed by atoms with van der Waals surface area (Å²) in [4.78, 5) is 23.1. The van der Waals surface area contributed by atoms with Crippen LogP contribution >= 0.6 is 0 Å². The van der Waals surface area contributed by atoms with Crippen molar-refractivity contribution in [1.82, 2.24) is 24.5 Å². The van der Waals surface area contributed by atoms with Crippen molar-refractivity contribution in [3.8, 4) is 0 Å². The van der Waals surface area contributed by atoms with Gasteiger partial charge in [-0.2, -0.15) is 4.98 Å². The summed E-state index contributed by atoms with van der Waals surface area (Å²) in [6.45, 7) is 4.99. The fraction of sp³-hybridized carbons (Fsp3) is 0.333. The number of aryl methyl sites for hydroxylation is 2. The fourth-order valence-electron chi connectivity index (χ4n) is 3.11. The van der Waals surface area contributed by atoms with Gasteiger partial charge < -0.3 is 9.64 Å². The van der Waals surface area contributed by atoms with Crippen molar-refractivity contribution in [2.45, 2.75) is 20.0 Å². The van der Waals surface area contributed by atoms with Gasteiger partial charge in [0.2, 0.25) is 5.82 Å². The quantitative estimate of drug-likeness (QED) is 0.704. The minimum absolute atomic E-state index is 0.117. The molecule has 1 unspecified atom stereocenters. The predicted octanol–water partition coefficient (Wildman–Crippen LogP) is 2.09. The Morgan fingerprint density at radius 2 is 2.00 bits per heavy atom. The molecule has 1 atom stereocenters. The van der Waals surface area contributed by atoms with Gasteiger partial charge in [-0.3, -0.25) is 4.79 Å². The Hall–Kier alpha value is -2.87. The van der Waals surface area contributed by atoms with Crippen molar-refractivity contribution in [1.29, 1.82) is 0 Å². The molecule has 3 aromatic rings. The van der Waals surface area contributed by atoms with E-state index in [4.69, 9.17) is 4.74 Å². The molecule has 3 heterocycles. The summed E-state index contributed by atoms with van der Waals surface area (Å²) in [5.74, 6) is -0.0346. The van der Waals surface area contributed by atoms with Gasteiger partial charge in [-0.25, -0.2) is 13.9 Å². The van der Waals surface area contributed by atoms with Gasteiger partial charge in [-0.15, -0.1) is 5.10 Å². The van der Waals surface area contributed by atoms with E-state index in [2.05, 4.69) is 15.1 Å². The third-order valence-electron chi connectivity index (χ3n) is 4.41. The molecule has 1 amide bonds. The molecule has 134 valence electrons. The number of fused-ring (bicyclic) bond motifs is 1. The third-order valence-corrected chi connectivity index (χ3v) is 4.41. The molecule has 1 saturated heterocycles. The van der Waals surface area contributed by atoms with Gasteiger partial charge in [0.05, 0.1) is 13.2 Å². The van der Waals surface area contributed by atoms with E-state index in [9.17, 15) is 9.18 Å². The molecule has 0 bridgehead atoms. The lowest BCUT2D eigenvalue weighted by Crippen LogP contribution is -2.42. The van der Waals surface area contributed by atoms with Gasteiger partial charge >= 0.3 is 0 Å². The number of halogens is 1. The second kappa shape index (κ2) is 6.45. The number of hydrogen-bond acceptors (Lipinski definition) is 5. The average Bonchev–Trinajstić information content (AvgIpc) is 3.06. The molecular weight excluding hydrogens is 337 g/mol. The lowest BCUT2D eigenvalue weighted by Gasteiger charge is -2.32. The Kier molecular flexibility index (Phi) is 4.12. The second-order valence-corrected chi connectivity index (χ2v) is 6.35. The summed E-state index contributed by atoms with van der Waals surface area (Å²) in [5.41, 5.74) is 2.52. The predicted molar refractivity (Wildman–Crippen MR) is 91.3 cm³/mol. The van der Waals surface area contributed by atoms with Gasteiger partial charge in [0.25, 0.3) is 11.7 Å². The van der Waals surface area contributed by atoms with E-state index in [1.807, 2.05) is 19.9 Å². The number of hydrogen-bond donors (Lipinski definition) is 0. The van der Waals surface area contributed by atoms with E-state index in [1.165, 1.54) is 12.1 Å². The summed E-state index contributed by atoms with van der Waals surface area (Å²) < 4.78 is 20.4. The zero-order valence-corrected chi connectivity index (χ0v) is 14.5. The van der Waals surface area contributed by atoms with E-state index < -0.39 is 0 Å². The molecule has 1 aliphatic rings. The highest BCUT2D eigenvalue weighted by Gasteiger charge is 2.28. The SMILES string of the molecule is Cc1cc(C)n2nc(C(=O)N3CCOC(c4ccc(F)cc4)C3)nc2n1. The van der Waals surface area contributed by atoms with Gasteiger partial charge in [-0.05, 0) is 37.6 Å². The molecular formula is C18H18FN5O2. The number of carbonyl (C=O) groups is 1. The lowest BCUT2D eigenvalue weighted by molar-refractivity contribution is -0.0232. The van der Waals surface area contributed by atoms with E-state index in [1.54, 1.807) is 21.5 Å². The molecule has 0 aliphatic carbocycles. The second-order valence-electron chi connectivity index (χ2n) is 6.35. The summed E-state index contributed by atoms with van der Waals surface area (Å²) in [7, 11) is 0. The maximum Gasteiger partial charge on any atom is 0.293 e. The van der Waals surface area contributed by atoms with Crippen LogP contribution in [0, 0.1) is 19.7 Å². The van der Waals surface area contributed by atoms with Crippen LogP contribution in [0.4, 0.5) is 4.39 Å². The number of carbonyl (C=O) groups excluding carboxylic acids is 1. The Bertz CT molecular complexity index is 970. The molecule has 0 spiro atoms. The van der Waals surface area contributed by atoms with Crippen LogP contribution in [-0.4, -0.2) is 50.1 Å². The minimum atomic E-state index is -0.301. The van der Waals surface area contributed by atoms with E-state index in [-0.39, 0.29) is 23.7 Å². The van der Waals surface area contributed by atoms with Crippen molar-refractivity contribution in [3.05, 3.63) is 58.9 Å². The van der Waals surface area contributed by atoms with Crippen molar-refractivity contribution in [2.24, 2.45) is 0 Å². The molecule has 26 heavy (non-hydrogen) atoms. The zero-order valence-electron chi connectivity index (χ0n) is 14.5. The van der Waals surface area contributed by atoms with Crippen LogP contribution in [0.25, 0.3) is 5.78 Å². The highest BCUT2D eigenvalue weighted by molar-refractivity contribution is 5.91. The number of rotatable bonds is 2. The number of morpholine rings is 1. The van der Waals surface area contributed by atoms with Crippen LogP contribution in [-0.2, 0) is 4.74 Å². The summed E-state index contributed by atoms with van der Waals surface area (Å²) in [5, 5.41) is 4.30. The molecule has 1 fully saturated rings. The molecule has 4 rings (SSSR count). The number of aromatic nitrogens is 4. The summed E-state index contributed by atoms with van der Waals surface area (Å²) in [6, 6.07) is 8.01. The van der Waals surface area contributed by atoms with Crippen molar-refractivity contribution >= 4 is 11.7 Å². The van der Waals surface area contributed by atoms with Gasteiger partial charge in [0, 0.05) is 17.9 Å². The molecule has 2 aromatic heterocycles. The van der Waals surface area contributed by atoms with Crippen molar-refractivity contribution in [2.75, 3.05) is 19.7 Å². The smallest absolute Gasteiger partial charge is 0.293 e. The highest BCUT2D eigenvalue weighted by atomic mass is 19.1. The average molecular weight is 355 g/mol. The van der Waals surface area contributed by atoms with E-state index in [0.29, 0.717) is 25.5 Å². The van der Waals surface area contributed by atoms with Crippen LogP contribution < -0.4 is 0 Å². The number of ether oxygens (including phenoxy) is 1. The monoisotopic (exact) mass is 355 g/mol. The largest absolute Gasteiger partial charge is 0.370 e. The first-order chi connectivity index (χ1) is 12.5. The Morgan fingerprint density at radius 1 is 1.23 bits per heavy atom. The van der Waals surface area contributed by atoms with Crippen LogP contribution in [0.3, 0.4) is 0 Å². The molecule has 8 heteroatoms. The maximum atomic E-state index is 13.1. The van der Waals surface area contributed by atoms with Gasteiger partial charge in [0.15, 0.2) is 0 Å². The Labute approximate surface area is 149 Å². The number of nitrogens with zero attached hydrogens (tertiary/aromatic N) is 5. The lowest BCUT2D eigenvalue weighted by atomic mass is 10.1.